The standard InChI is InChI=1S/C20H29N3O4/c1-7-23(8-2)19(24)17-13(5)21-20(25)22-18(17)14-9-10-15(27-12(3)4)16(11-14)26-6/h9-12,18H,7-8H2,1-6H3,(H2,21,22,25)/t18-/m1/s1. The van der Waals surface area contributed by atoms with Crippen molar-refractivity contribution in [2.75, 3.05) is 20.2 Å². The molecule has 0 spiro atoms. The molecule has 0 unspecified atom stereocenters. The lowest BCUT2D eigenvalue weighted by atomic mass is 9.94. The number of likely N-dealkylation sites (N-methyl/N-ethyl adjacent to an activating group) is 1. The zero-order valence-electron chi connectivity index (χ0n) is 16.9. The zero-order chi connectivity index (χ0) is 20.1. The summed E-state index contributed by atoms with van der Waals surface area (Å²) in [5, 5.41) is 5.56. The Bertz CT molecular complexity index is 739. The Morgan fingerprint density at radius 3 is 2.44 bits per heavy atom. The van der Waals surface area contributed by atoms with Crippen LogP contribution in [0.3, 0.4) is 0 Å². The number of amides is 3. The molecule has 1 atom stereocenters. The molecular formula is C20H29N3O4. The van der Waals surface area contributed by atoms with Gasteiger partial charge >= 0.3 is 6.03 Å². The number of hydrogen-bond acceptors (Lipinski definition) is 4. The highest BCUT2D eigenvalue weighted by Gasteiger charge is 2.33. The van der Waals surface area contributed by atoms with E-state index >= 15 is 0 Å². The lowest BCUT2D eigenvalue weighted by molar-refractivity contribution is -0.127. The van der Waals surface area contributed by atoms with Crippen LogP contribution in [0, 0.1) is 0 Å². The summed E-state index contributed by atoms with van der Waals surface area (Å²) in [4.78, 5) is 26.8. The van der Waals surface area contributed by atoms with E-state index in [0.717, 1.165) is 5.56 Å². The summed E-state index contributed by atoms with van der Waals surface area (Å²) < 4.78 is 11.2. The number of carbonyl (C=O) groups is 2. The van der Waals surface area contributed by atoms with Crippen molar-refractivity contribution in [3.63, 3.8) is 0 Å². The topological polar surface area (TPSA) is 79.9 Å². The van der Waals surface area contributed by atoms with E-state index < -0.39 is 6.04 Å². The maximum atomic E-state index is 13.0. The number of urea groups is 1. The molecule has 7 nitrogen and oxygen atoms in total. The van der Waals surface area contributed by atoms with E-state index in [1.807, 2.05) is 33.8 Å². The van der Waals surface area contributed by atoms with Crippen LogP contribution in [-0.2, 0) is 4.79 Å². The third kappa shape index (κ3) is 4.53. The van der Waals surface area contributed by atoms with Crippen LogP contribution in [0.2, 0.25) is 0 Å². The van der Waals surface area contributed by atoms with Crippen molar-refractivity contribution in [3.8, 4) is 11.5 Å². The monoisotopic (exact) mass is 375 g/mol. The highest BCUT2D eigenvalue weighted by atomic mass is 16.5. The van der Waals surface area contributed by atoms with Gasteiger partial charge in [0, 0.05) is 18.8 Å². The average molecular weight is 375 g/mol. The largest absolute Gasteiger partial charge is 0.493 e. The van der Waals surface area contributed by atoms with Crippen LogP contribution in [0.5, 0.6) is 11.5 Å². The van der Waals surface area contributed by atoms with Gasteiger partial charge in [-0.15, -0.1) is 0 Å². The maximum absolute atomic E-state index is 13.0. The van der Waals surface area contributed by atoms with Crippen LogP contribution < -0.4 is 20.1 Å². The maximum Gasteiger partial charge on any atom is 0.319 e. The molecule has 0 fully saturated rings. The van der Waals surface area contributed by atoms with Crippen LogP contribution >= 0.6 is 0 Å². The molecule has 1 aromatic rings. The predicted octanol–water partition coefficient (Wildman–Crippen LogP) is 2.98. The van der Waals surface area contributed by atoms with Crippen molar-refractivity contribution >= 4 is 11.9 Å². The number of hydrogen-bond donors (Lipinski definition) is 2. The molecule has 27 heavy (non-hydrogen) atoms. The SMILES string of the molecule is CCN(CC)C(=O)C1=C(C)NC(=O)N[C@@H]1c1ccc(OC(C)C)c(OC)c1. The molecule has 0 saturated heterocycles. The van der Waals surface area contributed by atoms with Crippen LogP contribution in [0.15, 0.2) is 29.5 Å². The Morgan fingerprint density at radius 2 is 1.89 bits per heavy atom. The first-order valence-electron chi connectivity index (χ1n) is 9.24. The molecule has 148 valence electrons. The Hall–Kier alpha value is -2.70. The van der Waals surface area contributed by atoms with Gasteiger partial charge in [0.1, 0.15) is 0 Å². The average Bonchev–Trinajstić information content (AvgIpc) is 2.61. The number of allylic oxidation sites excluding steroid dienone is 1. The van der Waals surface area contributed by atoms with Gasteiger partial charge in [0.2, 0.25) is 0 Å². The molecule has 0 aromatic heterocycles. The van der Waals surface area contributed by atoms with Gasteiger partial charge in [0.25, 0.3) is 5.91 Å². The molecule has 0 bridgehead atoms. The Morgan fingerprint density at radius 1 is 1.22 bits per heavy atom. The second-order valence-corrected chi connectivity index (χ2v) is 6.62. The minimum Gasteiger partial charge on any atom is -0.493 e. The summed E-state index contributed by atoms with van der Waals surface area (Å²) in [7, 11) is 1.57. The van der Waals surface area contributed by atoms with E-state index in [-0.39, 0.29) is 18.0 Å². The molecule has 0 radical (unpaired) electrons. The van der Waals surface area contributed by atoms with Gasteiger partial charge in [-0.2, -0.15) is 0 Å². The molecule has 2 N–H and O–H groups in total. The molecule has 1 heterocycles. The fourth-order valence-electron chi connectivity index (χ4n) is 3.12. The molecule has 1 aliphatic heterocycles. The summed E-state index contributed by atoms with van der Waals surface area (Å²) in [6, 6.07) is 4.55. The van der Waals surface area contributed by atoms with Crippen LogP contribution in [-0.4, -0.2) is 43.1 Å². The molecule has 3 amide bonds. The van der Waals surface area contributed by atoms with Crippen molar-refractivity contribution in [1.29, 1.82) is 0 Å². The predicted molar refractivity (Wildman–Crippen MR) is 104 cm³/mol. The minimum atomic E-state index is -0.561. The second kappa shape index (κ2) is 8.79. The number of nitrogens with one attached hydrogen (secondary N) is 2. The number of ether oxygens (including phenoxy) is 2. The number of rotatable bonds is 7. The van der Waals surface area contributed by atoms with Gasteiger partial charge in [0.05, 0.1) is 24.8 Å². The molecule has 1 aliphatic rings. The van der Waals surface area contributed by atoms with Gasteiger partial charge in [-0.05, 0) is 52.3 Å². The quantitative estimate of drug-likeness (QED) is 0.768. The number of nitrogens with zero attached hydrogens (tertiary/aromatic N) is 1. The highest BCUT2D eigenvalue weighted by molar-refractivity contribution is 5.98. The third-order valence-electron chi connectivity index (χ3n) is 4.43. The first kappa shape index (κ1) is 20.6. The van der Waals surface area contributed by atoms with Crippen molar-refractivity contribution < 1.29 is 19.1 Å². The Balaban J connectivity index is 2.48. The number of methoxy groups -OCH3 is 1. The lowest BCUT2D eigenvalue weighted by Crippen LogP contribution is -2.47. The summed E-state index contributed by atoms with van der Waals surface area (Å²) in [6.45, 7) is 10.7. The van der Waals surface area contributed by atoms with E-state index in [1.54, 1.807) is 31.1 Å². The van der Waals surface area contributed by atoms with Crippen molar-refractivity contribution in [3.05, 3.63) is 35.0 Å². The van der Waals surface area contributed by atoms with E-state index in [1.165, 1.54) is 0 Å². The van der Waals surface area contributed by atoms with Crippen molar-refractivity contribution in [2.24, 2.45) is 0 Å². The zero-order valence-corrected chi connectivity index (χ0v) is 16.9. The highest BCUT2D eigenvalue weighted by Crippen LogP contribution is 2.35. The van der Waals surface area contributed by atoms with Gasteiger partial charge in [-0.1, -0.05) is 6.07 Å². The molecule has 0 aliphatic carbocycles. The first-order chi connectivity index (χ1) is 12.8. The lowest BCUT2D eigenvalue weighted by Gasteiger charge is -2.32. The van der Waals surface area contributed by atoms with E-state index in [9.17, 15) is 9.59 Å². The molecule has 2 rings (SSSR count). The second-order valence-electron chi connectivity index (χ2n) is 6.62. The fourth-order valence-corrected chi connectivity index (χ4v) is 3.12. The Kier molecular flexibility index (Phi) is 6.71. The fraction of sp³-hybridized carbons (Fsp3) is 0.500. The summed E-state index contributed by atoms with van der Waals surface area (Å²) >= 11 is 0. The van der Waals surface area contributed by atoms with Gasteiger partial charge < -0.3 is 25.0 Å². The van der Waals surface area contributed by atoms with Crippen molar-refractivity contribution in [2.45, 2.75) is 46.8 Å². The molecule has 7 heteroatoms. The van der Waals surface area contributed by atoms with Crippen LogP contribution in [0.1, 0.15) is 46.2 Å². The van der Waals surface area contributed by atoms with E-state index in [4.69, 9.17) is 9.47 Å². The minimum absolute atomic E-state index is 0.00489. The molecule has 0 saturated carbocycles. The molecule has 1 aromatic carbocycles. The van der Waals surface area contributed by atoms with Crippen molar-refractivity contribution in [1.82, 2.24) is 15.5 Å². The smallest absolute Gasteiger partial charge is 0.319 e. The van der Waals surface area contributed by atoms with Gasteiger partial charge in [0.15, 0.2) is 11.5 Å². The molecular weight excluding hydrogens is 346 g/mol. The normalized spacial score (nSPS) is 16.7. The summed E-state index contributed by atoms with van der Waals surface area (Å²) in [5.74, 6) is 1.08. The van der Waals surface area contributed by atoms with Gasteiger partial charge in [-0.25, -0.2) is 4.79 Å². The van der Waals surface area contributed by atoms with Crippen LogP contribution in [0.25, 0.3) is 0 Å². The Labute approximate surface area is 160 Å². The first-order valence-corrected chi connectivity index (χ1v) is 9.24. The number of benzene rings is 1. The van der Waals surface area contributed by atoms with Gasteiger partial charge in [-0.3, -0.25) is 4.79 Å². The third-order valence-corrected chi connectivity index (χ3v) is 4.43. The summed E-state index contributed by atoms with van der Waals surface area (Å²) in [5.41, 5.74) is 1.84. The summed E-state index contributed by atoms with van der Waals surface area (Å²) in [6.07, 6.45) is 0.00489. The number of carbonyl (C=O) groups excluding carboxylic acids is 2. The van der Waals surface area contributed by atoms with E-state index in [2.05, 4.69) is 10.6 Å². The van der Waals surface area contributed by atoms with E-state index in [0.29, 0.717) is 35.9 Å². The van der Waals surface area contributed by atoms with Crippen LogP contribution in [0.4, 0.5) is 4.79 Å².